The van der Waals surface area contributed by atoms with Crippen molar-refractivity contribution in [2.75, 3.05) is 5.32 Å². The molecule has 1 N–H and O–H groups in total. The summed E-state index contributed by atoms with van der Waals surface area (Å²) in [7, 11) is 0. The molecule has 0 saturated heterocycles. The van der Waals surface area contributed by atoms with E-state index in [9.17, 15) is 18.0 Å². The van der Waals surface area contributed by atoms with Crippen molar-refractivity contribution >= 4 is 22.5 Å². The first-order chi connectivity index (χ1) is 13.4. The van der Waals surface area contributed by atoms with E-state index in [1.807, 2.05) is 30.3 Å². The van der Waals surface area contributed by atoms with Crippen LogP contribution in [0.2, 0.25) is 0 Å². The number of hydrogen-bond acceptors (Lipinski definition) is 3. The summed E-state index contributed by atoms with van der Waals surface area (Å²) < 4.78 is 43.9. The molecule has 1 amide bonds. The van der Waals surface area contributed by atoms with Crippen LogP contribution in [0.5, 0.6) is 0 Å². The first kappa shape index (κ1) is 17.8. The Kier molecular flexibility index (Phi) is 4.35. The van der Waals surface area contributed by atoms with Gasteiger partial charge >= 0.3 is 6.18 Å². The maximum atomic E-state index is 12.8. The lowest BCUT2D eigenvalue weighted by molar-refractivity contribution is -0.137. The third kappa shape index (κ3) is 3.46. The van der Waals surface area contributed by atoms with E-state index in [1.54, 1.807) is 18.2 Å². The predicted molar refractivity (Wildman–Crippen MR) is 98.8 cm³/mol. The summed E-state index contributed by atoms with van der Waals surface area (Å²) >= 11 is 0. The molecule has 4 nitrogen and oxygen atoms in total. The molecule has 4 rings (SSSR count). The summed E-state index contributed by atoms with van der Waals surface area (Å²) in [5.41, 5.74) is 0.903. The fourth-order valence-electron chi connectivity index (χ4n) is 2.86. The van der Waals surface area contributed by atoms with Crippen molar-refractivity contribution in [3.63, 3.8) is 0 Å². The van der Waals surface area contributed by atoms with Crippen LogP contribution in [0.15, 0.2) is 77.3 Å². The van der Waals surface area contributed by atoms with E-state index in [1.165, 1.54) is 12.1 Å². The van der Waals surface area contributed by atoms with E-state index in [0.717, 1.165) is 17.7 Å². The Morgan fingerprint density at radius 1 is 0.929 bits per heavy atom. The highest BCUT2D eigenvalue weighted by atomic mass is 19.4. The molecule has 7 heteroatoms. The maximum absolute atomic E-state index is 12.8. The molecule has 28 heavy (non-hydrogen) atoms. The molecule has 0 aliphatic carbocycles. The lowest BCUT2D eigenvalue weighted by Gasteiger charge is -2.10. The minimum absolute atomic E-state index is 0.0634. The van der Waals surface area contributed by atoms with Crippen molar-refractivity contribution in [1.29, 1.82) is 0 Å². The van der Waals surface area contributed by atoms with Crippen LogP contribution in [0.4, 0.5) is 18.9 Å². The Bertz CT molecular complexity index is 1150. The second-order valence-corrected chi connectivity index (χ2v) is 6.14. The van der Waals surface area contributed by atoms with Gasteiger partial charge in [0.25, 0.3) is 5.91 Å². The number of nitrogens with zero attached hydrogens (tertiary/aromatic N) is 1. The van der Waals surface area contributed by atoms with Gasteiger partial charge in [-0.05, 0) is 36.4 Å². The van der Waals surface area contributed by atoms with Gasteiger partial charge in [-0.15, -0.1) is 0 Å². The van der Waals surface area contributed by atoms with Gasteiger partial charge in [-0.3, -0.25) is 4.79 Å². The molecule has 1 aromatic heterocycles. The molecule has 0 saturated carbocycles. The normalized spacial score (nSPS) is 11.5. The van der Waals surface area contributed by atoms with Crippen LogP contribution in [-0.4, -0.2) is 11.1 Å². The maximum Gasteiger partial charge on any atom is 0.416 e. The molecule has 0 radical (unpaired) electrons. The largest absolute Gasteiger partial charge is 0.416 e. The molecule has 4 aromatic rings. The average Bonchev–Trinajstić information content (AvgIpc) is 3.11. The van der Waals surface area contributed by atoms with E-state index in [-0.39, 0.29) is 11.3 Å². The molecule has 0 spiro atoms. The first-order valence-electron chi connectivity index (χ1n) is 8.35. The number of benzene rings is 3. The Balaban J connectivity index is 1.65. The summed E-state index contributed by atoms with van der Waals surface area (Å²) in [6.45, 7) is 0. The van der Waals surface area contributed by atoms with E-state index in [2.05, 4.69) is 10.5 Å². The van der Waals surface area contributed by atoms with Crippen LogP contribution in [0, 0.1) is 0 Å². The number of aromatic nitrogens is 1. The summed E-state index contributed by atoms with van der Waals surface area (Å²) in [5.74, 6) is -0.00856. The fraction of sp³-hybridized carbons (Fsp3) is 0.0476. The molecule has 0 unspecified atom stereocenters. The minimum atomic E-state index is -4.48. The average molecular weight is 382 g/mol. The second-order valence-electron chi connectivity index (χ2n) is 6.14. The standard InChI is InChI=1S/C21H13F3N2O2/c22-21(23,24)15-7-4-8-16(12-15)25-20(27)14-9-10-18-17(11-14)19(28-26-18)13-5-2-1-3-6-13/h1-12H,(H,25,27). The smallest absolute Gasteiger partial charge is 0.355 e. The van der Waals surface area contributed by atoms with E-state index in [4.69, 9.17) is 4.52 Å². The lowest BCUT2D eigenvalue weighted by atomic mass is 10.1. The van der Waals surface area contributed by atoms with Crippen LogP contribution in [0.3, 0.4) is 0 Å². The van der Waals surface area contributed by atoms with Crippen molar-refractivity contribution in [1.82, 2.24) is 5.16 Å². The van der Waals surface area contributed by atoms with E-state index < -0.39 is 17.6 Å². The van der Waals surface area contributed by atoms with Gasteiger partial charge in [0.05, 0.1) is 10.9 Å². The van der Waals surface area contributed by atoms with Gasteiger partial charge in [-0.25, -0.2) is 0 Å². The molecule has 0 bridgehead atoms. The van der Waals surface area contributed by atoms with Crippen LogP contribution in [0.1, 0.15) is 15.9 Å². The van der Waals surface area contributed by atoms with Crippen molar-refractivity contribution in [2.24, 2.45) is 0 Å². The number of carbonyl (C=O) groups excluding carboxylic acids is 1. The molecule has 0 aliphatic heterocycles. The molecule has 1 heterocycles. The number of fused-ring (bicyclic) bond motifs is 1. The zero-order chi connectivity index (χ0) is 19.7. The van der Waals surface area contributed by atoms with Gasteiger partial charge in [-0.2, -0.15) is 13.2 Å². The highest BCUT2D eigenvalue weighted by Gasteiger charge is 2.30. The van der Waals surface area contributed by atoms with Crippen LogP contribution < -0.4 is 5.32 Å². The number of halogens is 3. The molecule has 140 valence electrons. The molecule has 0 atom stereocenters. The zero-order valence-electron chi connectivity index (χ0n) is 14.3. The number of alkyl halides is 3. The molecule has 3 aromatic carbocycles. The second kappa shape index (κ2) is 6.84. The Hall–Kier alpha value is -3.61. The van der Waals surface area contributed by atoms with Crippen LogP contribution >= 0.6 is 0 Å². The number of amides is 1. The number of hydrogen-bond donors (Lipinski definition) is 1. The molecule has 0 fully saturated rings. The number of nitrogens with one attached hydrogen (secondary N) is 1. The summed E-state index contributed by atoms with van der Waals surface area (Å²) in [6.07, 6.45) is -4.48. The predicted octanol–water partition coefficient (Wildman–Crippen LogP) is 5.77. The summed E-state index contributed by atoms with van der Waals surface area (Å²) in [6, 6.07) is 18.6. The van der Waals surface area contributed by atoms with Gasteiger partial charge in [0, 0.05) is 16.8 Å². The van der Waals surface area contributed by atoms with E-state index in [0.29, 0.717) is 16.7 Å². The lowest BCUT2D eigenvalue weighted by Crippen LogP contribution is -2.13. The number of rotatable bonds is 3. The number of anilines is 1. The van der Waals surface area contributed by atoms with Crippen molar-refractivity contribution in [3.8, 4) is 11.3 Å². The van der Waals surface area contributed by atoms with Gasteiger partial charge in [0.1, 0.15) is 5.52 Å². The Labute approximate surface area is 157 Å². The molecular weight excluding hydrogens is 369 g/mol. The zero-order valence-corrected chi connectivity index (χ0v) is 14.3. The highest BCUT2D eigenvalue weighted by Crippen LogP contribution is 2.31. The van der Waals surface area contributed by atoms with Crippen molar-refractivity contribution in [3.05, 3.63) is 83.9 Å². The Morgan fingerprint density at radius 2 is 1.71 bits per heavy atom. The number of carbonyl (C=O) groups is 1. The minimum Gasteiger partial charge on any atom is -0.355 e. The van der Waals surface area contributed by atoms with Crippen molar-refractivity contribution < 1.29 is 22.5 Å². The molecule has 0 aliphatic rings. The highest BCUT2D eigenvalue weighted by molar-refractivity contribution is 6.07. The monoisotopic (exact) mass is 382 g/mol. The van der Waals surface area contributed by atoms with Gasteiger partial charge in [0.15, 0.2) is 5.76 Å². The SMILES string of the molecule is O=C(Nc1cccc(C(F)(F)F)c1)c1ccc2noc(-c3ccccc3)c2c1. The van der Waals surface area contributed by atoms with Crippen molar-refractivity contribution in [2.45, 2.75) is 6.18 Å². The third-order valence-electron chi connectivity index (χ3n) is 4.22. The van der Waals surface area contributed by atoms with Crippen LogP contribution in [0.25, 0.3) is 22.2 Å². The van der Waals surface area contributed by atoms with E-state index >= 15 is 0 Å². The topological polar surface area (TPSA) is 55.1 Å². The van der Waals surface area contributed by atoms with Gasteiger partial charge in [0.2, 0.25) is 0 Å². The quantitative estimate of drug-likeness (QED) is 0.490. The van der Waals surface area contributed by atoms with Gasteiger partial charge in [-0.1, -0.05) is 41.6 Å². The fourth-order valence-corrected chi connectivity index (χ4v) is 2.86. The Morgan fingerprint density at radius 3 is 2.46 bits per heavy atom. The summed E-state index contributed by atoms with van der Waals surface area (Å²) in [4.78, 5) is 12.5. The third-order valence-corrected chi connectivity index (χ3v) is 4.22. The summed E-state index contributed by atoms with van der Waals surface area (Å²) in [5, 5.41) is 7.12. The van der Waals surface area contributed by atoms with Crippen LogP contribution in [-0.2, 0) is 6.18 Å². The first-order valence-corrected chi connectivity index (χ1v) is 8.35. The molecular formula is C21H13F3N2O2. The van der Waals surface area contributed by atoms with Gasteiger partial charge < -0.3 is 9.84 Å².